The molecule has 8 heavy (non-hydrogen) atoms. The van der Waals surface area contributed by atoms with Crippen molar-refractivity contribution in [3.63, 3.8) is 0 Å². The number of hydrogen-bond donors (Lipinski definition) is 2. The Kier molecular flexibility index (Phi) is 7.99. The highest BCUT2D eigenvalue weighted by Gasteiger charge is 1.70. The van der Waals surface area contributed by atoms with E-state index < -0.39 is 6.16 Å². The highest BCUT2D eigenvalue weighted by Crippen LogP contribution is 1.47. The van der Waals surface area contributed by atoms with E-state index in [1.165, 1.54) is 0 Å². The lowest BCUT2D eigenvalue weighted by atomic mass is 11.0. The van der Waals surface area contributed by atoms with Crippen molar-refractivity contribution in [2.24, 2.45) is 0 Å². The van der Waals surface area contributed by atoms with Gasteiger partial charge < -0.3 is 15.1 Å². The predicted octanol–water partition coefficient (Wildman–Crippen LogP) is 0.400. The molecular weight excluding hydrogens is 110 g/mol. The molecule has 0 amide bonds. The van der Waals surface area contributed by atoms with E-state index in [0.29, 0.717) is 0 Å². The maximum atomic E-state index is 8.56. The fourth-order valence-electron chi connectivity index (χ4n) is 0. The molecule has 0 fully saturated rings. The summed E-state index contributed by atoms with van der Waals surface area (Å²) < 4.78 is 0. The summed E-state index contributed by atoms with van der Waals surface area (Å²) in [6.45, 7) is 0. The van der Waals surface area contributed by atoms with E-state index in [-0.39, 0.29) is 0 Å². The minimum atomic E-state index is -1.83. The predicted molar refractivity (Wildman–Crippen MR) is 30.3 cm³/mol. The second-order valence-corrected chi connectivity index (χ2v) is 1.62. The molecule has 0 spiro atoms. The van der Waals surface area contributed by atoms with Gasteiger partial charge >= 0.3 is 6.16 Å². The molecule has 4 heteroatoms. The van der Waals surface area contributed by atoms with Gasteiger partial charge in [0.25, 0.3) is 0 Å². The van der Waals surface area contributed by atoms with Gasteiger partial charge in [0, 0.05) is 0 Å². The molecule has 0 aliphatic rings. The minimum absolute atomic E-state index is 1.83. The molecule has 0 aromatic rings. The molecule has 0 aromatic carbocycles. The number of carbonyl (C=O) groups is 1. The smallest absolute Gasteiger partial charge is 0.450 e. The monoisotopic (exact) mass is 121 g/mol. The van der Waals surface area contributed by atoms with E-state index in [1.807, 2.05) is 26.0 Å². The van der Waals surface area contributed by atoms with Gasteiger partial charge in [0.05, 0.1) is 0 Å². The van der Waals surface area contributed by atoms with E-state index in [9.17, 15) is 0 Å². The summed E-state index contributed by atoms with van der Waals surface area (Å²) in [5.41, 5.74) is 0. The Morgan fingerprint density at radius 3 is 1.25 bits per heavy atom. The lowest BCUT2D eigenvalue weighted by Crippen LogP contribution is -1.99. The first-order chi connectivity index (χ1) is 3.46. The minimum Gasteiger partial charge on any atom is -0.450 e. The number of carboxylic acid groups (broad SMARTS) is 2. The molecule has 0 saturated heterocycles. The van der Waals surface area contributed by atoms with Crippen molar-refractivity contribution < 1.29 is 15.0 Å². The zero-order valence-corrected chi connectivity index (χ0v) is 5.25. The molecule has 50 valence electrons. The molecule has 4 nitrogen and oxygen atoms in total. The summed E-state index contributed by atoms with van der Waals surface area (Å²) >= 11 is 0. The topological polar surface area (TPSA) is 60.8 Å². The first kappa shape index (κ1) is 10.3. The lowest BCUT2D eigenvalue weighted by Gasteiger charge is -1.90. The van der Waals surface area contributed by atoms with Gasteiger partial charge in [-0.3, -0.25) is 0 Å². The van der Waals surface area contributed by atoms with E-state index in [1.54, 1.807) is 0 Å². The fourth-order valence-corrected chi connectivity index (χ4v) is 0. The molecule has 0 radical (unpaired) electrons. The van der Waals surface area contributed by atoms with Crippen LogP contribution in [0.25, 0.3) is 0 Å². The van der Waals surface area contributed by atoms with Gasteiger partial charge in [-0.1, -0.05) is 0 Å². The summed E-state index contributed by atoms with van der Waals surface area (Å²) in [7, 11) is 6.00. The first-order valence-corrected chi connectivity index (χ1v) is 1.99. The third kappa shape index (κ3) is 158. The number of hydrogen-bond acceptors (Lipinski definition) is 2. The van der Waals surface area contributed by atoms with Crippen molar-refractivity contribution in [2.45, 2.75) is 0 Å². The van der Waals surface area contributed by atoms with E-state index in [2.05, 4.69) is 0 Å². The van der Waals surface area contributed by atoms with Crippen molar-refractivity contribution in [3.05, 3.63) is 0 Å². The highest BCUT2D eigenvalue weighted by molar-refractivity contribution is 5.53. The van der Waals surface area contributed by atoms with Gasteiger partial charge in [0.2, 0.25) is 0 Å². The largest absolute Gasteiger partial charge is 0.503 e. The SMILES string of the molecule is CN(C)C.O=C(O)O. The molecular formula is C4H11NO3. The van der Waals surface area contributed by atoms with Gasteiger partial charge in [-0.2, -0.15) is 0 Å². The van der Waals surface area contributed by atoms with Crippen LogP contribution in [0.4, 0.5) is 4.79 Å². The van der Waals surface area contributed by atoms with Crippen molar-refractivity contribution in [1.82, 2.24) is 4.90 Å². The molecule has 0 atom stereocenters. The normalized spacial score (nSPS) is 7.50. The Labute approximate surface area is 48.3 Å². The number of rotatable bonds is 0. The van der Waals surface area contributed by atoms with Gasteiger partial charge in [0.1, 0.15) is 0 Å². The van der Waals surface area contributed by atoms with Gasteiger partial charge in [-0.05, 0) is 21.1 Å². The Morgan fingerprint density at radius 2 is 1.25 bits per heavy atom. The molecule has 2 N–H and O–H groups in total. The van der Waals surface area contributed by atoms with Crippen molar-refractivity contribution in [3.8, 4) is 0 Å². The van der Waals surface area contributed by atoms with Crippen LogP contribution in [-0.4, -0.2) is 42.4 Å². The zero-order chi connectivity index (χ0) is 7.15. The van der Waals surface area contributed by atoms with Gasteiger partial charge in [-0.25, -0.2) is 4.79 Å². The van der Waals surface area contributed by atoms with Gasteiger partial charge in [-0.15, -0.1) is 0 Å². The Morgan fingerprint density at radius 1 is 1.25 bits per heavy atom. The summed E-state index contributed by atoms with van der Waals surface area (Å²) in [6, 6.07) is 0. The van der Waals surface area contributed by atoms with Gasteiger partial charge in [0.15, 0.2) is 0 Å². The lowest BCUT2D eigenvalue weighted by molar-refractivity contribution is 0.137. The van der Waals surface area contributed by atoms with Crippen LogP contribution in [0.3, 0.4) is 0 Å². The van der Waals surface area contributed by atoms with Crippen LogP contribution in [0.15, 0.2) is 0 Å². The van der Waals surface area contributed by atoms with Crippen molar-refractivity contribution in [2.75, 3.05) is 21.1 Å². The van der Waals surface area contributed by atoms with Crippen LogP contribution in [0, 0.1) is 0 Å². The second kappa shape index (κ2) is 6.23. The molecule has 0 rings (SSSR count). The molecule has 0 unspecified atom stereocenters. The van der Waals surface area contributed by atoms with Crippen molar-refractivity contribution in [1.29, 1.82) is 0 Å². The Bertz CT molecular complexity index is 55.5. The second-order valence-electron chi connectivity index (χ2n) is 1.62. The molecule has 0 aliphatic heterocycles. The van der Waals surface area contributed by atoms with Crippen LogP contribution in [0.5, 0.6) is 0 Å². The molecule has 0 aliphatic carbocycles. The summed E-state index contributed by atoms with van der Waals surface area (Å²) in [6.07, 6.45) is -1.83. The van der Waals surface area contributed by atoms with Crippen LogP contribution < -0.4 is 0 Å². The molecule has 0 aromatic heterocycles. The maximum Gasteiger partial charge on any atom is 0.503 e. The summed E-state index contributed by atoms with van der Waals surface area (Å²) in [5, 5.41) is 13.9. The Balaban J connectivity index is 0. The molecule has 0 saturated carbocycles. The highest BCUT2D eigenvalue weighted by atomic mass is 16.6. The van der Waals surface area contributed by atoms with E-state index in [0.717, 1.165) is 0 Å². The quantitative estimate of drug-likeness (QED) is 0.487. The Hall–Kier alpha value is -0.770. The fraction of sp³-hybridized carbons (Fsp3) is 0.750. The standard InChI is InChI=1S/C3H9N.CH2O3/c1-4(2)3;2-1(3)4/h1-3H3;(H2,2,3,4). The molecule has 0 bridgehead atoms. The number of nitrogens with zero attached hydrogens (tertiary/aromatic N) is 1. The molecule has 0 heterocycles. The maximum absolute atomic E-state index is 8.56. The van der Waals surface area contributed by atoms with Crippen LogP contribution in [0.1, 0.15) is 0 Å². The third-order valence-corrected chi connectivity index (χ3v) is 0. The average molecular weight is 121 g/mol. The average Bonchev–Trinajstić information content (AvgIpc) is 1.25. The summed E-state index contributed by atoms with van der Waals surface area (Å²) in [4.78, 5) is 10.6. The van der Waals surface area contributed by atoms with Crippen molar-refractivity contribution >= 4 is 6.16 Å². The van der Waals surface area contributed by atoms with Crippen LogP contribution >= 0.6 is 0 Å². The first-order valence-electron chi connectivity index (χ1n) is 1.99. The van der Waals surface area contributed by atoms with E-state index >= 15 is 0 Å². The summed E-state index contributed by atoms with van der Waals surface area (Å²) in [5.74, 6) is 0. The third-order valence-electron chi connectivity index (χ3n) is 0. The van der Waals surface area contributed by atoms with Crippen LogP contribution in [-0.2, 0) is 0 Å². The van der Waals surface area contributed by atoms with Crippen LogP contribution in [0.2, 0.25) is 0 Å². The zero-order valence-electron chi connectivity index (χ0n) is 5.25. The van der Waals surface area contributed by atoms with E-state index in [4.69, 9.17) is 15.0 Å².